The summed E-state index contributed by atoms with van der Waals surface area (Å²) >= 11 is 0. The molecule has 3 nitrogen and oxygen atoms in total. The Hall–Kier alpha value is -3.19. The van der Waals surface area contributed by atoms with Crippen molar-refractivity contribution in [2.45, 2.75) is 51.5 Å². The van der Waals surface area contributed by atoms with E-state index in [0.717, 1.165) is 50.0 Å². The highest BCUT2D eigenvalue weighted by Gasteiger charge is 2.29. The zero-order chi connectivity index (χ0) is 26.7. The number of carboxylic acid groups (broad SMARTS) is 1. The number of halogens is 4. The van der Waals surface area contributed by atoms with E-state index in [1.807, 2.05) is 13.8 Å². The van der Waals surface area contributed by atoms with Crippen LogP contribution in [0.15, 0.2) is 54.6 Å². The van der Waals surface area contributed by atoms with E-state index in [0.29, 0.717) is 23.1 Å². The molecule has 1 aliphatic rings. The molecule has 0 bridgehead atoms. The average molecular weight is 514 g/mol. The number of likely N-dealkylation sites (tertiary alicyclic amines) is 1. The summed E-state index contributed by atoms with van der Waals surface area (Å²) < 4.78 is 56.4. The third-order valence-electron chi connectivity index (χ3n) is 7.02. The molecule has 0 aromatic heterocycles. The Labute approximate surface area is 214 Å². The maximum Gasteiger partial charge on any atom is 0.310 e. The Morgan fingerprint density at radius 3 is 2.03 bits per heavy atom. The Morgan fingerprint density at radius 2 is 1.46 bits per heavy atom. The molecule has 196 valence electrons. The number of hydrogen-bond donors (Lipinski definition) is 1. The summed E-state index contributed by atoms with van der Waals surface area (Å²) in [4.78, 5) is 14.4. The summed E-state index contributed by atoms with van der Waals surface area (Å²) in [6.07, 6.45) is 3.41. The summed E-state index contributed by atoms with van der Waals surface area (Å²) in [5, 5.41) is 9.93. The molecule has 3 aromatic carbocycles. The molecule has 0 saturated carbocycles. The van der Waals surface area contributed by atoms with Crippen molar-refractivity contribution in [1.29, 1.82) is 0 Å². The first kappa shape index (κ1) is 26.9. The zero-order valence-corrected chi connectivity index (χ0v) is 21.0. The maximum atomic E-state index is 14.4. The topological polar surface area (TPSA) is 40.5 Å². The van der Waals surface area contributed by atoms with Crippen molar-refractivity contribution in [2.24, 2.45) is 5.92 Å². The van der Waals surface area contributed by atoms with Gasteiger partial charge in [-0.3, -0.25) is 9.69 Å². The molecule has 0 spiro atoms. The molecular weight excluding hydrogens is 482 g/mol. The number of carboxylic acids is 1. The fourth-order valence-corrected chi connectivity index (χ4v) is 5.25. The number of carbonyl (C=O) groups is 1. The van der Waals surface area contributed by atoms with Gasteiger partial charge in [0, 0.05) is 0 Å². The predicted octanol–water partition coefficient (Wildman–Crippen LogP) is 7.70. The SMILES string of the molecule is CC(C)CC(C(=O)O)c1ccc(C(c2ccc(F)cc2)N2CCCCC2)c(-c2cc(F)c(F)c(F)c2)c1. The lowest BCUT2D eigenvalue weighted by atomic mass is 9.84. The second-order valence-electron chi connectivity index (χ2n) is 10.2. The largest absolute Gasteiger partial charge is 0.481 e. The van der Waals surface area contributed by atoms with E-state index in [-0.39, 0.29) is 23.3 Å². The Kier molecular flexibility index (Phi) is 8.32. The van der Waals surface area contributed by atoms with Crippen LogP contribution in [0, 0.1) is 29.2 Å². The molecule has 1 fully saturated rings. The van der Waals surface area contributed by atoms with Gasteiger partial charge in [-0.2, -0.15) is 0 Å². The molecular formula is C30H31F4NO2. The number of piperidine rings is 1. The van der Waals surface area contributed by atoms with Crippen molar-refractivity contribution in [1.82, 2.24) is 4.90 Å². The molecule has 37 heavy (non-hydrogen) atoms. The highest BCUT2D eigenvalue weighted by molar-refractivity contribution is 5.78. The van der Waals surface area contributed by atoms with Gasteiger partial charge in [0.15, 0.2) is 17.5 Å². The third kappa shape index (κ3) is 6.04. The smallest absolute Gasteiger partial charge is 0.310 e. The highest BCUT2D eigenvalue weighted by Crippen LogP contribution is 2.40. The normalized spacial score (nSPS) is 16.1. The second kappa shape index (κ2) is 11.5. The Bertz CT molecular complexity index is 1230. The maximum absolute atomic E-state index is 14.4. The van der Waals surface area contributed by atoms with Gasteiger partial charge in [0.25, 0.3) is 0 Å². The van der Waals surface area contributed by atoms with Crippen LogP contribution < -0.4 is 0 Å². The molecule has 0 radical (unpaired) electrons. The Morgan fingerprint density at radius 1 is 0.865 bits per heavy atom. The van der Waals surface area contributed by atoms with E-state index < -0.39 is 29.3 Å². The molecule has 4 rings (SSSR count). The van der Waals surface area contributed by atoms with Crippen LogP contribution in [0.4, 0.5) is 17.6 Å². The van der Waals surface area contributed by atoms with Crippen LogP contribution in [-0.2, 0) is 4.79 Å². The lowest BCUT2D eigenvalue weighted by molar-refractivity contribution is -0.139. The predicted molar refractivity (Wildman–Crippen MR) is 135 cm³/mol. The first-order valence-corrected chi connectivity index (χ1v) is 12.7. The first-order chi connectivity index (χ1) is 17.7. The van der Waals surface area contributed by atoms with E-state index >= 15 is 0 Å². The molecule has 7 heteroatoms. The average Bonchev–Trinajstić information content (AvgIpc) is 2.87. The molecule has 0 aliphatic carbocycles. The number of benzene rings is 3. The third-order valence-corrected chi connectivity index (χ3v) is 7.02. The van der Waals surface area contributed by atoms with Crippen LogP contribution in [-0.4, -0.2) is 29.1 Å². The molecule has 2 unspecified atom stereocenters. The van der Waals surface area contributed by atoms with E-state index in [4.69, 9.17) is 0 Å². The van der Waals surface area contributed by atoms with Crippen molar-refractivity contribution in [3.63, 3.8) is 0 Å². The molecule has 1 saturated heterocycles. The summed E-state index contributed by atoms with van der Waals surface area (Å²) in [6, 6.07) is 12.8. The minimum atomic E-state index is -1.56. The number of aliphatic carboxylic acids is 1. The molecule has 1 heterocycles. The standard InChI is InChI=1S/C30H31F4NO2/c1-18(2)14-25(30(36)37)20-8-11-23(24(15-20)21-16-26(32)28(34)27(33)17-21)29(35-12-4-3-5-13-35)19-6-9-22(31)10-7-19/h6-11,15-18,25,29H,3-5,12-14H2,1-2H3,(H,36,37). The van der Waals surface area contributed by atoms with Gasteiger partial charge in [-0.25, -0.2) is 17.6 Å². The number of hydrogen-bond acceptors (Lipinski definition) is 2. The summed E-state index contributed by atoms with van der Waals surface area (Å²) in [5.41, 5.74) is 2.53. The highest BCUT2D eigenvalue weighted by atomic mass is 19.2. The van der Waals surface area contributed by atoms with Crippen LogP contribution >= 0.6 is 0 Å². The van der Waals surface area contributed by atoms with Gasteiger partial charge in [-0.15, -0.1) is 0 Å². The second-order valence-corrected chi connectivity index (χ2v) is 10.2. The van der Waals surface area contributed by atoms with E-state index in [2.05, 4.69) is 4.90 Å². The quantitative estimate of drug-likeness (QED) is 0.248. The van der Waals surface area contributed by atoms with Crippen molar-refractivity contribution in [3.8, 4) is 11.1 Å². The fourth-order valence-electron chi connectivity index (χ4n) is 5.25. The summed E-state index contributed by atoms with van der Waals surface area (Å²) in [7, 11) is 0. The van der Waals surface area contributed by atoms with Crippen molar-refractivity contribution >= 4 is 5.97 Å². The fraction of sp³-hybridized carbons (Fsp3) is 0.367. The van der Waals surface area contributed by atoms with Crippen molar-refractivity contribution in [3.05, 3.63) is 94.6 Å². The van der Waals surface area contributed by atoms with Crippen LogP contribution in [0.5, 0.6) is 0 Å². The van der Waals surface area contributed by atoms with E-state index in [1.165, 1.54) is 12.1 Å². The molecule has 1 N–H and O–H groups in total. The lowest BCUT2D eigenvalue weighted by Crippen LogP contribution is -2.34. The number of rotatable bonds is 8. The van der Waals surface area contributed by atoms with Gasteiger partial charge in [0.2, 0.25) is 0 Å². The Balaban J connectivity index is 1.95. The summed E-state index contributed by atoms with van der Waals surface area (Å²) in [5.74, 6) is -6.28. The molecule has 1 aliphatic heterocycles. The van der Waals surface area contributed by atoms with Gasteiger partial charge in [-0.05, 0) is 96.4 Å². The van der Waals surface area contributed by atoms with Gasteiger partial charge in [-0.1, -0.05) is 44.5 Å². The first-order valence-electron chi connectivity index (χ1n) is 12.7. The zero-order valence-electron chi connectivity index (χ0n) is 21.0. The molecule has 0 amide bonds. The minimum Gasteiger partial charge on any atom is -0.481 e. The van der Waals surface area contributed by atoms with Gasteiger partial charge in [0.1, 0.15) is 5.82 Å². The minimum absolute atomic E-state index is 0.102. The van der Waals surface area contributed by atoms with Gasteiger partial charge >= 0.3 is 5.97 Å². The monoisotopic (exact) mass is 513 g/mol. The van der Waals surface area contributed by atoms with Crippen LogP contribution in [0.1, 0.15) is 68.2 Å². The van der Waals surface area contributed by atoms with Crippen LogP contribution in [0.25, 0.3) is 11.1 Å². The lowest BCUT2D eigenvalue weighted by Gasteiger charge is -2.36. The van der Waals surface area contributed by atoms with Gasteiger partial charge < -0.3 is 5.11 Å². The molecule has 3 aromatic rings. The van der Waals surface area contributed by atoms with Crippen LogP contribution in [0.2, 0.25) is 0 Å². The van der Waals surface area contributed by atoms with Crippen molar-refractivity contribution < 1.29 is 27.5 Å². The van der Waals surface area contributed by atoms with Gasteiger partial charge in [0.05, 0.1) is 12.0 Å². The van der Waals surface area contributed by atoms with Crippen LogP contribution in [0.3, 0.4) is 0 Å². The number of nitrogens with zero attached hydrogens (tertiary/aromatic N) is 1. The van der Waals surface area contributed by atoms with E-state index in [9.17, 15) is 27.5 Å². The van der Waals surface area contributed by atoms with Crippen molar-refractivity contribution in [2.75, 3.05) is 13.1 Å². The molecule has 2 atom stereocenters. The van der Waals surface area contributed by atoms with E-state index in [1.54, 1.807) is 30.3 Å². The summed E-state index contributed by atoms with van der Waals surface area (Å²) in [6.45, 7) is 5.41.